The van der Waals surface area contributed by atoms with Gasteiger partial charge in [-0.2, -0.15) is 0 Å². The van der Waals surface area contributed by atoms with Gasteiger partial charge < -0.3 is 14.1 Å². The van der Waals surface area contributed by atoms with Gasteiger partial charge >= 0.3 is 0 Å². The van der Waals surface area contributed by atoms with Gasteiger partial charge in [0.1, 0.15) is 0 Å². The molecule has 0 spiro atoms. The highest BCUT2D eigenvalue weighted by atomic mass is 35.5. The average Bonchev–Trinajstić information content (AvgIpc) is 3.00. The van der Waals surface area contributed by atoms with E-state index in [1.165, 1.54) is 0 Å². The van der Waals surface area contributed by atoms with E-state index in [-0.39, 0.29) is 0 Å². The van der Waals surface area contributed by atoms with Gasteiger partial charge in [0.25, 0.3) is 0 Å². The quantitative estimate of drug-likeness (QED) is 0.746. The van der Waals surface area contributed by atoms with Crippen molar-refractivity contribution in [1.29, 1.82) is 0 Å². The molecule has 19 heavy (non-hydrogen) atoms. The summed E-state index contributed by atoms with van der Waals surface area (Å²) in [7, 11) is 0. The van der Waals surface area contributed by atoms with Crippen LogP contribution >= 0.6 is 23.8 Å². The highest BCUT2D eigenvalue weighted by Gasteiger charge is 2.06. The molecule has 3 aromatic rings. The Morgan fingerprint density at radius 1 is 1.32 bits per heavy atom. The van der Waals surface area contributed by atoms with Crippen LogP contribution < -0.4 is 0 Å². The number of rotatable bonds is 4. The molecule has 98 valence electrons. The van der Waals surface area contributed by atoms with E-state index in [1.54, 1.807) is 6.20 Å². The van der Waals surface area contributed by atoms with E-state index >= 15 is 0 Å². The molecule has 3 rings (SSSR count). The highest BCUT2D eigenvalue weighted by Crippen LogP contribution is 2.22. The molecule has 0 atom stereocenters. The molecule has 6 heteroatoms. The minimum absolute atomic E-state index is 0.706. The third-order valence-electron chi connectivity index (χ3n) is 3.12. The van der Waals surface area contributed by atoms with E-state index in [2.05, 4.69) is 19.1 Å². The van der Waals surface area contributed by atoms with Crippen LogP contribution in [0, 0.1) is 4.77 Å². The predicted octanol–water partition coefficient (Wildman–Crippen LogP) is 3.64. The summed E-state index contributed by atoms with van der Waals surface area (Å²) in [6, 6.07) is 5.84. The maximum atomic E-state index is 6.15. The van der Waals surface area contributed by atoms with Crippen LogP contribution in [0.3, 0.4) is 0 Å². The zero-order valence-electron chi connectivity index (χ0n) is 10.2. The molecule has 2 heterocycles. The van der Waals surface area contributed by atoms with Crippen molar-refractivity contribution < 1.29 is 0 Å². The summed E-state index contributed by atoms with van der Waals surface area (Å²) in [4.78, 5) is 7.19. The molecule has 4 nitrogen and oxygen atoms in total. The number of halogens is 1. The number of imidazole rings is 2. The predicted molar refractivity (Wildman–Crippen MR) is 79.0 cm³/mol. The Bertz CT molecular complexity index is 742. The highest BCUT2D eigenvalue weighted by molar-refractivity contribution is 7.71. The number of aromatic amines is 1. The summed E-state index contributed by atoms with van der Waals surface area (Å²) in [5, 5.41) is 0.706. The van der Waals surface area contributed by atoms with Crippen LogP contribution in [0.5, 0.6) is 0 Å². The van der Waals surface area contributed by atoms with Crippen LogP contribution in [0.4, 0.5) is 0 Å². The Morgan fingerprint density at radius 3 is 3.00 bits per heavy atom. The van der Waals surface area contributed by atoms with E-state index < -0.39 is 0 Å². The maximum Gasteiger partial charge on any atom is 0.178 e. The monoisotopic (exact) mass is 292 g/mol. The number of para-hydroxylation sites is 1. The van der Waals surface area contributed by atoms with Gasteiger partial charge in [0.15, 0.2) is 4.77 Å². The zero-order chi connectivity index (χ0) is 13.2. The first-order valence-corrected chi connectivity index (χ1v) is 6.87. The Morgan fingerprint density at radius 2 is 2.21 bits per heavy atom. The number of benzene rings is 1. The normalized spacial score (nSPS) is 11.2. The Kier molecular flexibility index (Phi) is 3.40. The lowest BCUT2D eigenvalue weighted by Crippen LogP contribution is -2.02. The molecule has 0 bridgehead atoms. The number of fused-ring (bicyclic) bond motifs is 1. The minimum Gasteiger partial charge on any atom is -0.337 e. The number of hydrogen-bond donors (Lipinski definition) is 1. The number of nitrogens with one attached hydrogen (secondary N) is 1. The van der Waals surface area contributed by atoms with E-state index in [0.717, 1.165) is 30.5 Å². The molecule has 0 fully saturated rings. The SMILES string of the molecule is S=c1[nH]c2c(Cl)cccc2n1CCCn1ccnc1. The van der Waals surface area contributed by atoms with Crippen LogP contribution in [0.25, 0.3) is 11.0 Å². The van der Waals surface area contributed by atoms with Crippen LogP contribution in [0.15, 0.2) is 36.9 Å². The van der Waals surface area contributed by atoms with Crippen molar-refractivity contribution >= 4 is 34.9 Å². The molecule has 1 N–H and O–H groups in total. The fourth-order valence-electron chi connectivity index (χ4n) is 2.20. The van der Waals surface area contributed by atoms with Crippen molar-refractivity contribution in [3.63, 3.8) is 0 Å². The summed E-state index contributed by atoms with van der Waals surface area (Å²) >= 11 is 11.5. The second-order valence-corrected chi connectivity index (χ2v) is 5.16. The summed E-state index contributed by atoms with van der Waals surface area (Å²) < 4.78 is 4.87. The van der Waals surface area contributed by atoms with Crippen molar-refractivity contribution in [3.8, 4) is 0 Å². The topological polar surface area (TPSA) is 38.5 Å². The van der Waals surface area contributed by atoms with Crippen molar-refractivity contribution in [3.05, 3.63) is 46.7 Å². The van der Waals surface area contributed by atoms with Crippen molar-refractivity contribution in [2.45, 2.75) is 19.5 Å². The lowest BCUT2D eigenvalue weighted by atomic mass is 10.3. The molecule has 0 aliphatic rings. The zero-order valence-corrected chi connectivity index (χ0v) is 11.8. The average molecular weight is 293 g/mol. The van der Waals surface area contributed by atoms with Gasteiger partial charge in [-0.3, -0.25) is 0 Å². The Hall–Kier alpha value is -1.59. The van der Waals surface area contributed by atoms with Gasteiger partial charge in [0.05, 0.1) is 22.4 Å². The summed E-state index contributed by atoms with van der Waals surface area (Å²) in [6.07, 6.45) is 6.57. The molecule has 0 aliphatic heterocycles. The van der Waals surface area contributed by atoms with E-state index in [1.807, 2.05) is 30.7 Å². The molecular formula is C13H13ClN4S. The molecule has 0 saturated heterocycles. The lowest BCUT2D eigenvalue weighted by molar-refractivity contribution is 0.568. The number of aryl methyl sites for hydroxylation is 2. The van der Waals surface area contributed by atoms with Crippen molar-refractivity contribution in [2.24, 2.45) is 0 Å². The minimum atomic E-state index is 0.706. The van der Waals surface area contributed by atoms with Crippen LogP contribution in [-0.2, 0) is 13.1 Å². The fraction of sp³-hybridized carbons (Fsp3) is 0.231. The molecule has 1 aromatic carbocycles. The van der Waals surface area contributed by atoms with Crippen molar-refractivity contribution in [2.75, 3.05) is 0 Å². The first-order valence-electron chi connectivity index (χ1n) is 6.08. The van der Waals surface area contributed by atoms with Crippen LogP contribution in [0.1, 0.15) is 6.42 Å². The fourth-order valence-corrected chi connectivity index (χ4v) is 2.71. The lowest BCUT2D eigenvalue weighted by Gasteiger charge is -2.05. The third kappa shape index (κ3) is 2.43. The summed E-state index contributed by atoms with van der Waals surface area (Å²) in [6.45, 7) is 1.78. The third-order valence-corrected chi connectivity index (χ3v) is 3.75. The molecule has 0 amide bonds. The second-order valence-electron chi connectivity index (χ2n) is 4.37. The molecule has 0 radical (unpaired) electrons. The first kappa shape index (κ1) is 12.4. The standard InChI is InChI=1S/C13H13ClN4S/c14-10-3-1-4-11-12(10)16-13(19)18(11)7-2-6-17-8-5-15-9-17/h1,3-5,8-9H,2,6-7H2,(H,16,19). The van der Waals surface area contributed by atoms with Crippen molar-refractivity contribution in [1.82, 2.24) is 19.1 Å². The van der Waals surface area contributed by atoms with Crippen LogP contribution in [-0.4, -0.2) is 19.1 Å². The maximum absolute atomic E-state index is 6.15. The van der Waals surface area contributed by atoms with Gasteiger partial charge in [-0.1, -0.05) is 17.7 Å². The van der Waals surface area contributed by atoms with Crippen LogP contribution in [0.2, 0.25) is 5.02 Å². The Balaban J connectivity index is 1.83. The molecule has 0 aliphatic carbocycles. The molecular weight excluding hydrogens is 280 g/mol. The Labute approximate surface area is 120 Å². The number of H-pyrrole nitrogens is 1. The second kappa shape index (κ2) is 5.19. The number of hydrogen-bond acceptors (Lipinski definition) is 2. The number of aromatic nitrogens is 4. The van der Waals surface area contributed by atoms with Gasteiger partial charge in [0, 0.05) is 25.5 Å². The van der Waals surface area contributed by atoms with Gasteiger partial charge in [-0.15, -0.1) is 0 Å². The molecule has 2 aromatic heterocycles. The number of nitrogens with zero attached hydrogens (tertiary/aromatic N) is 3. The smallest absolute Gasteiger partial charge is 0.178 e. The van der Waals surface area contributed by atoms with Gasteiger partial charge in [-0.25, -0.2) is 4.98 Å². The van der Waals surface area contributed by atoms with E-state index in [9.17, 15) is 0 Å². The van der Waals surface area contributed by atoms with Gasteiger partial charge in [-0.05, 0) is 30.8 Å². The molecule has 0 saturated carbocycles. The largest absolute Gasteiger partial charge is 0.337 e. The van der Waals surface area contributed by atoms with E-state index in [0.29, 0.717) is 9.79 Å². The van der Waals surface area contributed by atoms with E-state index in [4.69, 9.17) is 23.8 Å². The first-order chi connectivity index (χ1) is 9.25. The van der Waals surface area contributed by atoms with Gasteiger partial charge in [0.2, 0.25) is 0 Å². The summed E-state index contributed by atoms with van der Waals surface area (Å²) in [5.74, 6) is 0. The molecule has 0 unspecified atom stereocenters. The summed E-state index contributed by atoms with van der Waals surface area (Å²) in [5.41, 5.74) is 1.97.